The Hall–Kier alpha value is -1.21. The molecule has 0 aromatic carbocycles. The van der Waals surface area contributed by atoms with Gasteiger partial charge in [-0.2, -0.15) is 0 Å². The average Bonchev–Trinajstić information content (AvgIpc) is 3.15. The number of amides is 1. The molecule has 0 saturated heterocycles. The van der Waals surface area contributed by atoms with Crippen molar-refractivity contribution < 1.29 is 14.3 Å². The zero-order valence-corrected chi connectivity index (χ0v) is 35.1. The molecule has 0 aliphatic carbocycles. The molecule has 1 amide bonds. The lowest BCUT2D eigenvalue weighted by Crippen LogP contribution is -2.46. The van der Waals surface area contributed by atoms with Gasteiger partial charge in [0.05, 0.1) is 19.3 Å². The van der Waals surface area contributed by atoms with Crippen molar-refractivity contribution in [3.05, 3.63) is 24.3 Å². The van der Waals surface area contributed by atoms with E-state index in [1.54, 1.807) is 0 Å². The fourth-order valence-corrected chi connectivity index (χ4v) is 6.66. The number of ether oxygens (including phenoxy) is 2. The molecule has 0 aliphatic rings. The van der Waals surface area contributed by atoms with E-state index in [4.69, 9.17) is 20.9 Å². The van der Waals surface area contributed by atoms with Gasteiger partial charge in [0.15, 0.2) is 0 Å². The van der Waals surface area contributed by atoms with Gasteiger partial charge in [0.25, 0.3) is 0 Å². The van der Waals surface area contributed by atoms with E-state index in [2.05, 4.69) is 38.2 Å². The third kappa shape index (κ3) is 38.5. The van der Waals surface area contributed by atoms with Crippen LogP contribution in [0.2, 0.25) is 0 Å². The van der Waals surface area contributed by atoms with E-state index in [0.717, 1.165) is 38.9 Å². The van der Waals surface area contributed by atoms with Gasteiger partial charge >= 0.3 is 0 Å². The highest BCUT2D eigenvalue weighted by atomic mass is 16.5. The lowest BCUT2D eigenvalue weighted by atomic mass is 10.1. The number of carbonyl (C=O) groups is 1. The number of nitrogens with zero attached hydrogens (tertiary/aromatic N) is 1. The quantitative estimate of drug-likeness (QED) is 0.0481. The number of hydrogen-bond donors (Lipinski definition) is 2. The van der Waals surface area contributed by atoms with Gasteiger partial charge in [-0.25, -0.2) is 0 Å². The second-order valence-electron chi connectivity index (χ2n) is 15.3. The molecule has 0 spiro atoms. The van der Waals surface area contributed by atoms with Crippen molar-refractivity contribution in [1.82, 2.24) is 4.90 Å². The van der Waals surface area contributed by atoms with Crippen LogP contribution in [0.1, 0.15) is 213 Å². The van der Waals surface area contributed by atoms with Gasteiger partial charge in [0.2, 0.25) is 5.91 Å². The van der Waals surface area contributed by atoms with Gasteiger partial charge in [0, 0.05) is 26.3 Å². The number of allylic oxidation sites excluding steroid dienone is 4. The maximum absolute atomic E-state index is 13.1. The summed E-state index contributed by atoms with van der Waals surface area (Å²) >= 11 is 0. The fourth-order valence-electron chi connectivity index (χ4n) is 6.66. The zero-order valence-electron chi connectivity index (χ0n) is 35.1. The predicted molar refractivity (Wildman–Crippen MR) is 228 cm³/mol. The van der Waals surface area contributed by atoms with Gasteiger partial charge in [-0.1, -0.05) is 160 Å². The van der Waals surface area contributed by atoms with Crippen molar-refractivity contribution in [2.24, 2.45) is 11.5 Å². The van der Waals surface area contributed by atoms with Crippen LogP contribution in [0.15, 0.2) is 24.3 Å². The Morgan fingerprint density at radius 3 is 1.19 bits per heavy atom. The third-order valence-corrected chi connectivity index (χ3v) is 10.2. The summed E-state index contributed by atoms with van der Waals surface area (Å²) in [6.45, 7) is 8.99. The van der Waals surface area contributed by atoms with E-state index in [9.17, 15) is 4.79 Å². The first-order chi connectivity index (χ1) is 25.7. The number of nitrogens with two attached hydrogens (primary N) is 2. The highest BCUT2D eigenvalue weighted by Gasteiger charge is 2.20. The molecule has 6 nitrogen and oxygen atoms in total. The van der Waals surface area contributed by atoms with E-state index in [1.807, 2.05) is 4.90 Å². The molecule has 0 heterocycles. The summed E-state index contributed by atoms with van der Waals surface area (Å²) in [4.78, 5) is 15.0. The van der Waals surface area contributed by atoms with Gasteiger partial charge in [-0.3, -0.25) is 4.79 Å². The first kappa shape index (κ1) is 50.8. The average molecular weight is 734 g/mol. The van der Waals surface area contributed by atoms with Crippen molar-refractivity contribution in [3.63, 3.8) is 0 Å². The Balaban J connectivity index is 3.92. The molecule has 0 aliphatic heterocycles. The second-order valence-corrected chi connectivity index (χ2v) is 15.3. The first-order valence-electron chi connectivity index (χ1n) is 22.9. The molecule has 0 radical (unpaired) electrons. The highest BCUT2D eigenvalue weighted by Crippen LogP contribution is 2.12. The summed E-state index contributed by atoms with van der Waals surface area (Å²) in [5, 5.41) is 0. The topological polar surface area (TPSA) is 90.8 Å². The molecule has 308 valence electrons. The summed E-state index contributed by atoms with van der Waals surface area (Å²) in [7, 11) is 0. The summed E-state index contributed by atoms with van der Waals surface area (Å²) in [6.07, 6.45) is 48.6. The largest absolute Gasteiger partial charge is 0.380 e. The normalized spacial score (nSPS) is 12.5. The number of unbranched alkanes of at least 4 members (excludes halogenated alkanes) is 25. The Kier molecular flexibility index (Phi) is 43.2. The SMILES string of the molecule is CCCCCCCC/C=C\CCCCCCCCOCCN(CCOCCCCCCCC/C=C\CCCCCCCC)C(=O)[C@@H](N)CCCCN. The molecule has 0 aromatic heterocycles. The molecule has 4 N–H and O–H groups in total. The van der Waals surface area contributed by atoms with Crippen molar-refractivity contribution in [3.8, 4) is 0 Å². The molecule has 6 heteroatoms. The minimum Gasteiger partial charge on any atom is -0.380 e. The van der Waals surface area contributed by atoms with E-state index in [0.29, 0.717) is 39.3 Å². The standard InChI is InChI=1S/C46H91N3O3/c1-3-5-7-9-11-13-15-17-19-21-23-25-27-29-31-35-41-51-43-39-49(46(50)45(48)37-33-34-38-47)40-44-52-42-36-32-30-28-26-24-22-20-18-16-14-12-10-8-6-4-2/h17-20,45H,3-16,21-44,47-48H2,1-2H3/b19-17-,20-18-/t45-/m0/s1. The fraction of sp³-hybridized carbons (Fsp3) is 0.891. The lowest BCUT2D eigenvalue weighted by molar-refractivity contribution is -0.134. The van der Waals surface area contributed by atoms with Gasteiger partial charge < -0.3 is 25.8 Å². The van der Waals surface area contributed by atoms with Gasteiger partial charge in [-0.05, 0) is 83.6 Å². The van der Waals surface area contributed by atoms with Gasteiger partial charge in [-0.15, -0.1) is 0 Å². The summed E-state index contributed by atoms with van der Waals surface area (Å²) in [6, 6.07) is -0.474. The Labute approximate surface area is 325 Å². The monoisotopic (exact) mass is 734 g/mol. The van der Waals surface area contributed by atoms with Crippen molar-refractivity contribution in [1.29, 1.82) is 0 Å². The van der Waals surface area contributed by atoms with E-state index in [-0.39, 0.29) is 5.91 Å². The predicted octanol–water partition coefficient (Wildman–Crippen LogP) is 12.4. The minimum absolute atomic E-state index is 0.0127. The summed E-state index contributed by atoms with van der Waals surface area (Å²) < 4.78 is 11.9. The Morgan fingerprint density at radius 2 is 0.827 bits per heavy atom. The lowest BCUT2D eigenvalue weighted by Gasteiger charge is -2.26. The number of rotatable bonds is 43. The number of hydrogen-bond acceptors (Lipinski definition) is 5. The molecule has 0 fully saturated rings. The van der Waals surface area contributed by atoms with Crippen molar-refractivity contribution in [2.45, 2.75) is 219 Å². The molecule has 52 heavy (non-hydrogen) atoms. The van der Waals surface area contributed by atoms with Crippen LogP contribution in [0.3, 0.4) is 0 Å². The van der Waals surface area contributed by atoms with Crippen molar-refractivity contribution >= 4 is 5.91 Å². The molecular weight excluding hydrogens is 643 g/mol. The maximum atomic E-state index is 13.1. The molecular formula is C46H91N3O3. The van der Waals surface area contributed by atoms with Crippen LogP contribution in [0.4, 0.5) is 0 Å². The molecule has 0 bridgehead atoms. The van der Waals surface area contributed by atoms with E-state index >= 15 is 0 Å². The van der Waals surface area contributed by atoms with E-state index < -0.39 is 6.04 Å². The van der Waals surface area contributed by atoms with Crippen LogP contribution >= 0.6 is 0 Å². The zero-order chi connectivity index (χ0) is 37.8. The Morgan fingerprint density at radius 1 is 0.481 bits per heavy atom. The van der Waals surface area contributed by atoms with Crippen LogP contribution in [0.5, 0.6) is 0 Å². The molecule has 0 saturated carbocycles. The van der Waals surface area contributed by atoms with Crippen LogP contribution in [-0.4, -0.2) is 62.9 Å². The summed E-state index contributed by atoms with van der Waals surface area (Å²) in [5.41, 5.74) is 11.9. The highest BCUT2D eigenvalue weighted by molar-refractivity contribution is 5.81. The molecule has 0 aromatic rings. The molecule has 0 rings (SSSR count). The number of carbonyl (C=O) groups excluding carboxylic acids is 1. The van der Waals surface area contributed by atoms with Crippen LogP contribution in [-0.2, 0) is 14.3 Å². The van der Waals surface area contributed by atoms with E-state index in [1.165, 1.54) is 167 Å². The van der Waals surface area contributed by atoms with Crippen LogP contribution < -0.4 is 11.5 Å². The first-order valence-corrected chi connectivity index (χ1v) is 22.9. The molecule has 0 unspecified atom stereocenters. The summed E-state index contributed by atoms with van der Waals surface area (Å²) in [5.74, 6) is 0.0127. The maximum Gasteiger partial charge on any atom is 0.239 e. The Bertz CT molecular complexity index is 711. The third-order valence-electron chi connectivity index (χ3n) is 10.2. The second kappa shape index (κ2) is 44.2. The minimum atomic E-state index is -0.474. The van der Waals surface area contributed by atoms with Crippen molar-refractivity contribution in [2.75, 3.05) is 46.1 Å². The van der Waals surface area contributed by atoms with Gasteiger partial charge in [0.1, 0.15) is 0 Å². The van der Waals surface area contributed by atoms with Crippen LogP contribution in [0, 0.1) is 0 Å². The van der Waals surface area contributed by atoms with Crippen LogP contribution in [0.25, 0.3) is 0 Å². The smallest absolute Gasteiger partial charge is 0.239 e. The molecule has 1 atom stereocenters.